The van der Waals surface area contributed by atoms with Gasteiger partial charge >= 0.3 is 0 Å². The first kappa shape index (κ1) is 18.6. The van der Waals surface area contributed by atoms with E-state index >= 15 is 0 Å². The van der Waals surface area contributed by atoms with Gasteiger partial charge in [0.2, 0.25) is 5.95 Å². The van der Waals surface area contributed by atoms with E-state index in [0.29, 0.717) is 24.7 Å². The zero-order chi connectivity index (χ0) is 19.1. The first-order chi connectivity index (χ1) is 13.2. The van der Waals surface area contributed by atoms with E-state index in [4.69, 9.17) is 0 Å². The van der Waals surface area contributed by atoms with Gasteiger partial charge in [-0.3, -0.25) is 4.79 Å². The van der Waals surface area contributed by atoms with Gasteiger partial charge in [-0.1, -0.05) is 60.2 Å². The van der Waals surface area contributed by atoms with Gasteiger partial charge in [0.05, 0.1) is 0 Å². The average Bonchev–Trinajstić information content (AvgIpc) is 2.71. The predicted molar refractivity (Wildman–Crippen MR) is 108 cm³/mol. The fourth-order valence-electron chi connectivity index (χ4n) is 2.85. The molecule has 1 amide bonds. The number of aromatic nitrogens is 2. The van der Waals surface area contributed by atoms with E-state index in [2.05, 4.69) is 40.4 Å². The van der Waals surface area contributed by atoms with Gasteiger partial charge in [0.25, 0.3) is 5.91 Å². The van der Waals surface area contributed by atoms with Crippen LogP contribution in [0.5, 0.6) is 0 Å². The molecular formula is C22H24N4O. The number of amides is 1. The summed E-state index contributed by atoms with van der Waals surface area (Å²) in [4.78, 5) is 23.4. The molecule has 5 nitrogen and oxygen atoms in total. The zero-order valence-corrected chi connectivity index (χ0v) is 15.7. The number of hydrogen-bond donors (Lipinski definition) is 1. The monoisotopic (exact) mass is 360 g/mol. The quantitative estimate of drug-likeness (QED) is 0.697. The lowest BCUT2D eigenvalue weighted by molar-refractivity contribution is 0.0946. The van der Waals surface area contributed by atoms with Gasteiger partial charge in [0.15, 0.2) is 0 Å². The van der Waals surface area contributed by atoms with Gasteiger partial charge in [0.1, 0.15) is 5.69 Å². The molecule has 3 aromatic rings. The third kappa shape index (κ3) is 5.14. The van der Waals surface area contributed by atoms with Crippen LogP contribution in [0.3, 0.4) is 0 Å². The first-order valence-electron chi connectivity index (χ1n) is 9.11. The summed E-state index contributed by atoms with van der Waals surface area (Å²) in [6.45, 7) is 6.02. The standard InChI is InChI=1S/C22H24N4O/c1-3-26(16-18-9-5-4-6-10-18)22-23-13-12-20(25-22)21(27)24-15-19-11-7-8-17(2)14-19/h4-14H,3,15-16H2,1-2H3,(H,24,27). The van der Waals surface area contributed by atoms with Crippen LogP contribution in [-0.2, 0) is 13.1 Å². The third-order valence-electron chi connectivity index (χ3n) is 4.29. The number of carbonyl (C=O) groups excluding carboxylic acids is 1. The molecule has 138 valence electrons. The fourth-order valence-corrected chi connectivity index (χ4v) is 2.85. The van der Waals surface area contributed by atoms with Crippen molar-refractivity contribution in [3.05, 3.63) is 89.2 Å². The lowest BCUT2D eigenvalue weighted by Gasteiger charge is -2.21. The second kappa shape index (κ2) is 8.94. The molecule has 0 aliphatic heterocycles. The maximum absolute atomic E-state index is 12.5. The van der Waals surface area contributed by atoms with Crippen LogP contribution in [0.1, 0.15) is 34.1 Å². The molecular weight excluding hydrogens is 336 g/mol. The molecule has 0 spiro atoms. The highest BCUT2D eigenvalue weighted by Crippen LogP contribution is 2.12. The molecule has 3 rings (SSSR count). The Hall–Kier alpha value is -3.21. The number of carbonyl (C=O) groups is 1. The molecule has 0 saturated carbocycles. The van der Waals surface area contributed by atoms with Crippen molar-refractivity contribution in [1.29, 1.82) is 0 Å². The summed E-state index contributed by atoms with van der Waals surface area (Å²) < 4.78 is 0. The average molecular weight is 360 g/mol. The lowest BCUT2D eigenvalue weighted by atomic mass is 10.1. The molecule has 0 aliphatic rings. The van der Waals surface area contributed by atoms with Crippen LogP contribution in [0.2, 0.25) is 0 Å². The Morgan fingerprint density at radius 2 is 1.81 bits per heavy atom. The summed E-state index contributed by atoms with van der Waals surface area (Å²) in [5, 5.41) is 2.93. The van der Waals surface area contributed by atoms with Gasteiger partial charge in [0, 0.05) is 25.8 Å². The molecule has 0 bridgehead atoms. The highest BCUT2D eigenvalue weighted by atomic mass is 16.1. The molecule has 0 unspecified atom stereocenters. The molecule has 2 aromatic carbocycles. The summed E-state index contributed by atoms with van der Waals surface area (Å²) in [7, 11) is 0. The van der Waals surface area contributed by atoms with Crippen molar-refractivity contribution in [3.8, 4) is 0 Å². The van der Waals surface area contributed by atoms with Crippen LogP contribution in [0.25, 0.3) is 0 Å². The maximum Gasteiger partial charge on any atom is 0.270 e. The molecule has 0 atom stereocenters. The van der Waals surface area contributed by atoms with Gasteiger partial charge in [-0.2, -0.15) is 0 Å². The second-order valence-electron chi connectivity index (χ2n) is 6.41. The Balaban J connectivity index is 1.69. The van der Waals surface area contributed by atoms with Crippen LogP contribution in [0.4, 0.5) is 5.95 Å². The van der Waals surface area contributed by atoms with Crippen LogP contribution in [0, 0.1) is 6.92 Å². The molecule has 0 aliphatic carbocycles. The number of nitrogens with one attached hydrogen (secondary N) is 1. The summed E-state index contributed by atoms with van der Waals surface area (Å²) in [5.74, 6) is 0.362. The summed E-state index contributed by atoms with van der Waals surface area (Å²) >= 11 is 0. The maximum atomic E-state index is 12.5. The molecule has 1 aromatic heterocycles. The Labute approximate surface area is 160 Å². The van der Waals surface area contributed by atoms with Crippen molar-refractivity contribution in [3.63, 3.8) is 0 Å². The normalized spacial score (nSPS) is 10.4. The minimum absolute atomic E-state index is 0.198. The Morgan fingerprint density at radius 3 is 2.56 bits per heavy atom. The number of benzene rings is 2. The second-order valence-corrected chi connectivity index (χ2v) is 6.41. The van der Waals surface area contributed by atoms with Crippen LogP contribution < -0.4 is 10.2 Å². The molecule has 5 heteroatoms. The summed E-state index contributed by atoms with van der Waals surface area (Å²) in [6.07, 6.45) is 1.64. The van der Waals surface area contributed by atoms with Crippen LogP contribution in [0.15, 0.2) is 66.9 Å². The summed E-state index contributed by atoms with van der Waals surface area (Å²) in [6, 6.07) is 19.9. The molecule has 1 heterocycles. The van der Waals surface area contributed by atoms with Crippen molar-refractivity contribution < 1.29 is 4.79 Å². The minimum Gasteiger partial charge on any atom is -0.347 e. The first-order valence-corrected chi connectivity index (χ1v) is 9.11. The van der Waals surface area contributed by atoms with E-state index in [0.717, 1.165) is 12.1 Å². The van der Waals surface area contributed by atoms with Gasteiger partial charge in [-0.15, -0.1) is 0 Å². The Kier molecular flexibility index (Phi) is 6.15. The number of nitrogens with zero attached hydrogens (tertiary/aromatic N) is 3. The predicted octanol–water partition coefficient (Wildman–Crippen LogP) is 3.74. The zero-order valence-electron chi connectivity index (χ0n) is 15.7. The van der Waals surface area contributed by atoms with Crippen molar-refractivity contribution in [2.24, 2.45) is 0 Å². The van der Waals surface area contributed by atoms with Gasteiger partial charge in [-0.05, 0) is 31.0 Å². The van der Waals surface area contributed by atoms with E-state index in [1.807, 2.05) is 48.2 Å². The third-order valence-corrected chi connectivity index (χ3v) is 4.29. The lowest BCUT2D eigenvalue weighted by Crippen LogP contribution is -2.27. The van der Waals surface area contributed by atoms with Crippen molar-refractivity contribution >= 4 is 11.9 Å². The molecule has 0 radical (unpaired) electrons. The van der Waals surface area contributed by atoms with E-state index in [1.165, 1.54) is 11.1 Å². The SMILES string of the molecule is CCN(Cc1ccccc1)c1nccc(C(=O)NCc2cccc(C)c2)n1. The van der Waals surface area contributed by atoms with Crippen molar-refractivity contribution in [2.75, 3.05) is 11.4 Å². The molecule has 27 heavy (non-hydrogen) atoms. The van der Waals surface area contributed by atoms with Crippen molar-refractivity contribution in [2.45, 2.75) is 26.9 Å². The number of aryl methyl sites for hydroxylation is 1. The van der Waals surface area contributed by atoms with Crippen molar-refractivity contribution in [1.82, 2.24) is 15.3 Å². The fraction of sp³-hybridized carbons (Fsp3) is 0.227. The molecule has 0 saturated heterocycles. The number of hydrogen-bond acceptors (Lipinski definition) is 4. The Morgan fingerprint density at radius 1 is 1.04 bits per heavy atom. The smallest absolute Gasteiger partial charge is 0.270 e. The van der Waals surface area contributed by atoms with E-state index in [1.54, 1.807) is 12.3 Å². The highest BCUT2D eigenvalue weighted by Gasteiger charge is 2.13. The topological polar surface area (TPSA) is 58.1 Å². The van der Waals surface area contributed by atoms with Gasteiger partial charge < -0.3 is 10.2 Å². The van der Waals surface area contributed by atoms with E-state index in [-0.39, 0.29) is 5.91 Å². The van der Waals surface area contributed by atoms with E-state index in [9.17, 15) is 4.79 Å². The largest absolute Gasteiger partial charge is 0.347 e. The van der Waals surface area contributed by atoms with E-state index < -0.39 is 0 Å². The van der Waals surface area contributed by atoms with Gasteiger partial charge in [-0.25, -0.2) is 9.97 Å². The van der Waals surface area contributed by atoms with Crippen LogP contribution >= 0.6 is 0 Å². The minimum atomic E-state index is -0.198. The molecule has 1 N–H and O–H groups in total. The summed E-state index contributed by atoms with van der Waals surface area (Å²) in [5.41, 5.74) is 3.79. The highest BCUT2D eigenvalue weighted by molar-refractivity contribution is 5.92. The molecule has 0 fully saturated rings. The number of anilines is 1. The number of rotatable bonds is 7. The van der Waals surface area contributed by atoms with Crippen LogP contribution in [-0.4, -0.2) is 22.4 Å². The Bertz CT molecular complexity index is 896.